The highest BCUT2D eigenvalue weighted by molar-refractivity contribution is 5.39. The minimum atomic E-state index is 0.427. The monoisotopic (exact) mass is 258 g/mol. The third-order valence-electron chi connectivity index (χ3n) is 3.65. The van der Waals surface area contributed by atoms with E-state index in [1.54, 1.807) is 12.7 Å². The molecule has 3 rings (SSSR count). The molecule has 2 aromatic rings. The lowest BCUT2D eigenvalue weighted by atomic mass is 9.97. The molecule has 0 saturated carbocycles. The summed E-state index contributed by atoms with van der Waals surface area (Å²) in [5.74, 6) is 2.51. The number of piperidine rings is 1. The van der Waals surface area contributed by atoms with Gasteiger partial charge in [0.15, 0.2) is 0 Å². The van der Waals surface area contributed by atoms with E-state index < -0.39 is 0 Å². The number of hydrogen-bond acceptors (Lipinski definition) is 5. The first-order chi connectivity index (χ1) is 9.24. The summed E-state index contributed by atoms with van der Waals surface area (Å²) in [7, 11) is 2.00. The Bertz CT molecular complexity index is 564. The summed E-state index contributed by atoms with van der Waals surface area (Å²) in [6.07, 6.45) is 5.72. The quantitative estimate of drug-likeness (QED) is 0.812. The molecule has 0 spiro atoms. The van der Waals surface area contributed by atoms with Crippen molar-refractivity contribution in [1.29, 1.82) is 0 Å². The zero-order chi connectivity index (χ0) is 13.2. The fourth-order valence-electron chi connectivity index (χ4n) is 2.67. The van der Waals surface area contributed by atoms with Gasteiger partial charge in [-0.05, 0) is 19.8 Å². The first-order valence-corrected chi connectivity index (χ1v) is 6.61. The molecule has 1 aliphatic heterocycles. The zero-order valence-electron chi connectivity index (χ0n) is 11.3. The van der Waals surface area contributed by atoms with E-state index in [2.05, 4.69) is 25.1 Å². The molecular formula is C13H18N6. The lowest BCUT2D eigenvalue weighted by Gasteiger charge is -2.33. The number of hydrogen-bond donors (Lipinski definition) is 0. The van der Waals surface area contributed by atoms with Gasteiger partial charge >= 0.3 is 0 Å². The van der Waals surface area contributed by atoms with E-state index in [1.807, 2.05) is 24.6 Å². The predicted molar refractivity (Wildman–Crippen MR) is 72.0 cm³/mol. The SMILES string of the molecule is Cc1cc(N2CCC[C@@H](c3nncn3C)C2)ncn1. The molecule has 0 radical (unpaired) electrons. The molecule has 0 N–H and O–H groups in total. The van der Waals surface area contributed by atoms with Crippen LogP contribution >= 0.6 is 0 Å². The number of nitrogens with zero attached hydrogens (tertiary/aromatic N) is 6. The van der Waals surface area contributed by atoms with Crippen molar-refractivity contribution in [2.24, 2.45) is 7.05 Å². The Balaban J connectivity index is 1.80. The van der Waals surface area contributed by atoms with Crippen molar-refractivity contribution in [1.82, 2.24) is 24.7 Å². The van der Waals surface area contributed by atoms with E-state index in [9.17, 15) is 0 Å². The Morgan fingerprint density at radius 2 is 2.21 bits per heavy atom. The number of aromatic nitrogens is 5. The van der Waals surface area contributed by atoms with Crippen molar-refractivity contribution in [3.8, 4) is 0 Å². The average molecular weight is 258 g/mol. The van der Waals surface area contributed by atoms with Crippen LogP contribution in [0.15, 0.2) is 18.7 Å². The van der Waals surface area contributed by atoms with Gasteiger partial charge in [-0.2, -0.15) is 0 Å². The van der Waals surface area contributed by atoms with Gasteiger partial charge in [0.2, 0.25) is 0 Å². The van der Waals surface area contributed by atoms with Gasteiger partial charge in [0.05, 0.1) is 0 Å². The van der Waals surface area contributed by atoms with Gasteiger partial charge in [-0.25, -0.2) is 9.97 Å². The van der Waals surface area contributed by atoms with Gasteiger partial charge in [0, 0.05) is 37.8 Å². The van der Waals surface area contributed by atoms with E-state index in [0.717, 1.165) is 43.3 Å². The Morgan fingerprint density at radius 3 is 2.95 bits per heavy atom. The molecule has 19 heavy (non-hydrogen) atoms. The first-order valence-electron chi connectivity index (χ1n) is 6.61. The maximum absolute atomic E-state index is 4.37. The summed E-state index contributed by atoms with van der Waals surface area (Å²) >= 11 is 0. The molecule has 0 aromatic carbocycles. The van der Waals surface area contributed by atoms with Crippen LogP contribution < -0.4 is 4.90 Å². The van der Waals surface area contributed by atoms with Crippen molar-refractivity contribution in [2.45, 2.75) is 25.7 Å². The van der Waals surface area contributed by atoms with Crippen LogP contribution in [0.5, 0.6) is 0 Å². The topological polar surface area (TPSA) is 59.7 Å². The highest BCUT2D eigenvalue weighted by Crippen LogP contribution is 2.27. The zero-order valence-corrected chi connectivity index (χ0v) is 11.3. The van der Waals surface area contributed by atoms with Gasteiger partial charge in [0.25, 0.3) is 0 Å². The Morgan fingerprint density at radius 1 is 1.32 bits per heavy atom. The maximum atomic E-state index is 4.37. The second-order valence-corrected chi connectivity index (χ2v) is 5.10. The fraction of sp³-hybridized carbons (Fsp3) is 0.538. The molecule has 2 aromatic heterocycles. The second kappa shape index (κ2) is 4.95. The fourth-order valence-corrected chi connectivity index (χ4v) is 2.67. The number of rotatable bonds is 2. The Kier molecular flexibility index (Phi) is 3.15. The lowest BCUT2D eigenvalue weighted by Crippen LogP contribution is -2.35. The molecule has 1 saturated heterocycles. The largest absolute Gasteiger partial charge is 0.356 e. The van der Waals surface area contributed by atoms with Crippen LogP contribution in [-0.4, -0.2) is 37.8 Å². The van der Waals surface area contributed by atoms with Crippen LogP contribution in [0.2, 0.25) is 0 Å². The van der Waals surface area contributed by atoms with Crippen molar-refractivity contribution in [2.75, 3.05) is 18.0 Å². The Hall–Kier alpha value is -1.98. The van der Waals surface area contributed by atoms with Crippen LogP contribution in [-0.2, 0) is 7.05 Å². The van der Waals surface area contributed by atoms with Gasteiger partial charge in [-0.15, -0.1) is 10.2 Å². The molecule has 0 aliphatic carbocycles. The van der Waals surface area contributed by atoms with Crippen molar-refractivity contribution >= 4 is 5.82 Å². The summed E-state index contributed by atoms with van der Waals surface area (Å²) in [4.78, 5) is 10.8. The summed E-state index contributed by atoms with van der Waals surface area (Å²) < 4.78 is 2.01. The van der Waals surface area contributed by atoms with E-state index in [-0.39, 0.29) is 0 Å². The van der Waals surface area contributed by atoms with E-state index in [4.69, 9.17) is 0 Å². The summed E-state index contributed by atoms with van der Waals surface area (Å²) in [5, 5.41) is 8.22. The third-order valence-corrected chi connectivity index (χ3v) is 3.65. The molecule has 0 amide bonds. The molecular weight excluding hydrogens is 240 g/mol. The van der Waals surface area contributed by atoms with E-state index >= 15 is 0 Å². The van der Waals surface area contributed by atoms with Gasteiger partial charge in [0.1, 0.15) is 24.3 Å². The molecule has 3 heterocycles. The highest BCUT2D eigenvalue weighted by Gasteiger charge is 2.25. The van der Waals surface area contributed by atoms with Gasteiger partial charge in [-0.3, -0.25) is 0 Å². The molecule has 0 unspecified atom stereocenters. The normalized spacial score (nSPS) is 19.7. The number of aryl methyl sites for hydroxylation is 2. The summed E-state index contributed by atoms with van der Waals surface area (Å²) in [6, 6.07) is 2.04. The van der Waals surface area contributed by atoms with Gasteiger partial charge in [-0.1, -0.05) is 0 Å². The lowest BCUT2D eigenvalue weighted by molar-refractivity contribution is 0.477. The molecule has 6 heteroatoms. The molecule has 1 fully saturated rings. The van der Waals surface area contributed by atoms with Crippen molar-refractivity contribution < 1.29 is 0 Å². The van der Waals surface area contributed by atoms with Crippen LogP contribution in [0.1, 0.15) is 30.3 Å². The van der Waals surface area contributed by atoms with Crippen LogP contribution in [0.3, 0.4) is 0 Å². The van der Waals surface area contributed by atoms with Crippen molar-refractivity contribution in [3.05, 3.63) is 30.2 Å². The average Bonchev–Trinajstić information content (AvgIpc) is 2.85. The van der Waals surface area contributed by atoms with Gasteiger partial charge < -0.3 is 9.47 Å². The highest BCUT2D eigenvalue weighted by atomic mass is 15.3. The molecule has 0 bridgehead atoms. The maximum Gasteiger partial charge on any atom is 0.137 e. The predicted octanol–water partition coefficient (Wildman–Crippen LogP) is 1.30. The number of anilines is 1. The minimum Gasteiger partial charge on any atom is -0.356 e. The second-order valence-electron chi connectivity index (χ2n) is 5.10. The van der Waals surface area contributed by atoms with E-state index in [0.29, 0.717) is 5.92 Å². The summed E-state index contributed by atoms with van der Waals surface area (Å²) in [6.45, 7) is 3.99. The summed E-state index contributed by atoms with van der Waals surface area (Å²) in [5.41, 5.74) is 1.01. The third kappa shape index (κ3) is 2.43. The first kappa shape index (κ1) is 12.1. The standard InChI is InChI=1S/C13H18N6/c1-10-6-12(15-8-14-10)19-5-3-4-11(7-19)13-17-16-9-18(13)2/h6,8-9,11H,3-5,7H2,1-2H3/t11-/m1/s1. The molecule has 100 valence electrons. The van der Waals surface area contributed by atoms with E-state index in [1.165, 1.54) is 0 Å². The molecule has 1 atom stereocenters. The van der Waals surface area contributed by atoms with Crippen LogP contribution in [0.25, 0.3) is 0 Å². The van der Waals surface area contributed by atoms with Crippen molar-refractivity contribution in [3.63, 3.8) is 0 Å². The Labute approximate surface area is 112 Å². The molecule has 6 nitrogen and oxygen atoms in total. The molecule has 1 aliphatic rings. The smallest absolute Gasteiger partial charge is 0.137 e. The van der Waals surface area contributed by atoms with Crippen LogP contribution in [0, 0.1) is 6.92 Å². The van der Waals surface area contributed by atoms with Crippen LogP contribution in [0.4, 0.5) is 5.82 Å². The minimum absolute atomic E-state index is 0.427.